The molecule has 3 rings (SSSR count). The van der Waals surface area contributed by atoms with Gasteiger partial charge in [0.25, 0.3) is 0 Å². The van der Waals surface area contributed by atoms with Gasteiger partial charge in [-0.25, -0.2) is 13.6 Å². The molecule has 1 aliphatic heterocycles. The first-order valence-corrected chi connectivity index (χ1v) is 6.48. The highest BCUT2D eigenvalue weighted by molar-refractivity contribution is 5.92. The highest BCUT2D eigenvalue weighted by Gasteiger charge is 2.42. The van der Waals surface area contributed by atoms with E-state index < -0.39 is 29.6 Å². The van der Waals surface area contributed by atoms with Gasteiger partial charge in [-0.05, 0) is 11.6 Å². The lowest BCUT2D eigenvalue weighted by atomic mass is 9.86. The Morgan fingerprint density at radius 1 is 1.00 bits per heavy atom. The molecule has 0 aliphatic carbocycles. The molecule has 1 heterocycles. The van der Waals surface area contributed by atoms with Crippen LogP contribution in [0.25, 0.3) is 0 Å². The van der Waals surface area contributed by atoms with E-state index in [1.165, 1.54) is 12.1 Å². The van der Waals surface area contributed by atoms with Gasteiger partial charge in [-0.15, -0.1) is 0 Å². The largest absolute Gasteiger partial charge is 0.453 e. The predicted molar refractivity (Wildman–Crippen MR) is 73.5 cm³/mol. The molecule has 106 valence electrons. The molecule has 0 spiro atoms. The van der Waals surface area contributed by atoms with Gasteiger partial charge in [0.15, 0.2) is 11.6 Å². The third-order valence-corrected chi connectivity index (χ3v) is 3.62. The summed E-state index contributed by atoms with van der Waals surface area (Å²) in [5.74, 6) is -3.06. The summed E-state index contributed by atoms with van der Waals surface area (Å²) in [6.45, 7) is 3.73. The molecule has 0 aromatic heterocycles. The van der Waals surface area contributed by atoms with E-state index in [9.17, 15) is 13.6 Å². The van der Waals surface area contributed by atoms with Crippen molar-refractivity contribution >= 4 is 5.97 Å². The zero-order valence-corrected chi connectivity index (χ0v) is 11.1. The lowest BCUT2D eigenvalue weighted by Crippen LogP contribution is -2.09. The molecule has 0 saturated carbocycles. The van der Waals surface area contributed by atoms with Crippen LogP contribution in [0.4, 0.5) is 8.78 Å². The van der Waals surface area contributed by atoms with Gasteiger partial charge in [0.05, 0.1) is 5.92 Å². The van der Waals surface area contributed by atoms with Crippen molar-refractivity contribution in [1.29, 1.82) is 0 Å². The molecule has 0 N–H and O–H groups in total. The molecule has 2 aromatic rings. The molecule has 4 heteroatoms. The van der Waals surface area contributed by atoms with Crippen molar-refractivity contribution in [3.63, 3.8) is 0 Å². The Bertz CT molecular complexity index is 710. The van der Waals surface area contributed by atoms with E-state index in [1.54, 1.807) is 0 Å². The standard InChI is InChI=1S/C17H12F2O2/c1-10-14(11-6-3-2-4-7-11)16(21-17(10)20)12-8-5-9-13(18)15(12)19/h2-9,14,16H,1H2/t14-,16-/m1/s1. The van der Waals surface area contributed by atoms with Crippen LogP contribution in [0.3, 0.4) is 0 Å². The van der Waals surface area contributed by atoms with E-state index in [2.05, 4.69) is 6.58 Å². The lowest BCUT2D eigenvalue weighted by Gasteiger charge is -2.19. The molecule has 2 atom stereocenters. The molecule has 1 fully saturated rings. The normalized spacial score (nSPS) is 21.4. The van der Waals surface area contributed by atoms with Gasteiger partial charge in [-0.3, -0.25) is 0 Å². The predicted octanol–water partition coefficient (Wildman–Crippen LogP) is 3.90. The molecule has 2 nitrogen and oxygen atoms in total. The third kappa shape index (κ3) is 2.23. The highest BCUT2D eigenvalue weighted by atomic mass is 19.2. The van der Waals surface area contributed by atoms with Crippen molar-refractivity contribution in [2.45, 2.75) is 12.0 Å². The van der Waals surface area contributed by atoms with Crippen molar-refractivity contribution in [2.24, 2.45) is 0 Å². The van der Waals surface area contributed by atoms with Crippen LogP contribution in [-0.4, -0.2) is 5.97 Å². The van der Waals surface area contributed by atoms with Crippen LogP contribution >= 0.6 is 0 Å². The Hall–Kier alpha value is -2.49. The zero-order chi connectivity index (χ0) is 15.0. The number of esters is 1. The summed E-state index contributed by atoms with van der Waals surface area (Å²) in [7, 11) is 0. The summed E-state index contributed by atoms with van der Waals surface area (Å²) in [4.78, 5) is 11.8. The summed E-state index contributed by atoms with van der Waals surface area (Å²) in [5, 5.41) is 0. The van der Waals surface area contributed by atoms with Crippen molar-refractivity contribution in [3.05, 3.63) is 83.4 Å². The maximum atomic E-state index is 14.0. The van der Waals surface area contributed by atoms with Gasteiger partial charge in [0.1, 0.15) is 6.10 Å². The highest BCUT2D eigenvalue weighted by Crippen LogP contribution is 2.45. The first-order valence-electron chi connectivity index (χ1n) is 6.48. The first kappa shape index (κ1) is 13.5. The fourth-order valence-corrected chi connectivity index (χ4v) is 2.59. The molecule has 2 aromatic carbocycles. The zero-order valence-electron chi connectivity index (χ0n) is 11.1. The molecule has 21 heavy (non-hydrogen) atoms. The number of rotatable bonds is 2. The topological polar surface area (TPSA) is 26.3 Å². The van der Waals surface area contributed by atoms with Crippen LogP contribution in [-0.2, 0) is 9.53 Å². The number of halogens is 2. The number of hydrogen-bond donors (Lipinski definition) is 0. The Kier molecular flexibility index (Phi) is 3.29. The summed E-state index contributed by atoms with van der Waals surface area (Å²) in [6, 6.07) is 12.9. The second-order valence-electron chi connectivity index (χ2n) is 4.88. The van der Waals surface area contributed by atoms with E-state index >= 15 is 0 Å². The molecule has 1 aliphatic rings. The number of benzene rings is 2. The Morgan fingerprint density at radius 3 is 2.43 bits per heavy atom. The number of hydrogen-bond acceptors (Lipinski definition) is 2. The second-order valence-corrected chi connectivity index (χ2v) is 4.88. The van der Waals surface area contributed by atoms with E-state index in [-0.39, 0.29) is 11.1 Å². The smallest absolute Gasteiger partial charge is 0.334 e. The van der Waals surface area contributed by atoms with Gasteiger partial charge in [0, 0.05) is 11.1 Å². The monoisotopic (exact) mass is 286 g/mol. The Balaban J connectivity index is 2.10. The van der Waals surface area contributed by atoms with E-state index in [0.29, 0.717) is 0 Å². The van der Waals surface area contributed by atoms with Gasteiger partial charge >= 0.3 is 5.97 Å². The van der Waals surface area contributed by atoms with Crippen molar-refractivity contribution < 1.29 is 18.3 Å². The summed E-state index contributed by atoms with van der Waals surface area (Å²) < 4.78 is 32.6. The SMILES string of the molecule is C=C1C(=O)O[C@H](c2cccc(F)c2F)[C@H]1c1ccccc1. The molecule has 0 unspecified atom stereocenters. The fourth-order valence-electron chi connectivity index (χ4n) is 2.59. The van der Waals surface area contributed by atoms with Crippen LogP contribution in [0.15, 0.2) is 60.7 Å². The molecule has 0 amide bonds. The minimum absolute atomic E-state index is 0.0239. The first-order chi connectivity index (χ1) is 10.1. The van der Waals surface area contributed by atoms with Crippen molar-refractivity contribution in [3.8, 4) is 0 Å². The third-order valence-electron chi connectivity index (χ3n) is 3.62. The van der Waals surface area contributed by atoms with Crippen LogP contribution in [0.2, 0.25) is 0 Å². The van der Waals surface area contributed by atoms with Gasteiger partial charge in [-0.2, -0.15) is 0 Å². The maximum Gasteiger partial charge on any atom is 0.334 e. The van der Waals surface area contributed by atoms with Gasteiger partial charge < -0.3 is 4.74 Å². The van der Waals surface area contributed by atoms with Gasteiger partial charge in [-0.1, -0.05) is 49.0 Å². The maximum absolute atomic E-state index is 14.0. The van der Waals surface area contributed by atoms with Crippen LogP contribution in [0, 0.1) is 11.6 Å². The average Bonchev–Trinajstić information content (AvgIpc) is 2.78. The van der Waals surface area contributed by atoms with Crippen LogP contribution < -0.4 is 0 Å². The Labute approximate surface area is 120 Å². The Morgan fingerprint density at radius 2 is 1.71 bits per heavy atom. The van der Waals surface area contributed by atoms with E-state index in [0.717, 1.165) is 11.6 Å². The fraction of sp³-hybridized carbons (Fsp3) is 0.118. The second kappa shape index (κ2) is 5.13. The van der Waals surface area contributed by atoms with E-state index in [4.69, 9.17) is 4.74 Å². The summed E-state index contributed by atoms with van der Waals surface area (Å²) in [6.07, 6.45) is -0.900. The molecule has 1 saturated heterocycles. The molecule has 0 bridgehead atoms. The summed E-state index contributed by atoms with van der Waals surface area (Å²) >= 11 is 0. The number of carbonyl (C=O) groups is 1. The number of ether oxygens (including phenoxy) is 1. The minimum Gasteiger partial charge on any atom is -0.453 e. The quantitative estimate of drug-likeness (QED) is 0.618. The van der Waals surface area contributed by atoms with E-state index in [1.807, 2.05) is 30.3 Å². The summed E-state index contributed by atoms with van der Waals surface area (Å²) in [5.41, 5.74) is 1.05. The van der Waals surface area contributed by atoms with Crippen LogP contribution in [0.1, 0.15) is 23.1 Å². The van der Waals surface area contributed by atoms with Crippen LogP contribution in [0.5, 0.6) is 0 Å². The number of carbonyl (C=O) groups excluding carboxylic acids is 1. The minimum atomic E-state index is -0.995. The van der Waals surface area contributed by atoms with Gasteiger partial charge in [0.2, 0.25) is 0 Å². The molecular weight excluding hydrogens is 274 g/mol. The van der Waals surface area contributed by atoms with Crippen molar-refractivity contribution in [2.75, 3.05) is 0 Å². The number of cyclic esters (lactones) is 1. The molecule has 0 radical (unpaired) electrons. The average molecular weight is 286 g/mol. The lowest BCUT2D eigenvalue weighted by molar-refractivity contribution is -0.139. The van der Waals surface area contributed by atoms with Crippen molar-refractivity contribution in [1.82, 2.24) is 0 Å². The molecular formula is C17H12F2O2.